The summed E-state index contributed by atoms with van der Waals surface area (Å²) in [7, 11) is 0. The number of terminal acetylenes is 1. The number of nitrogens with one attached hydrogen (secondary N) is 1. The van der Waals surface area contributed by atoms with Gasteiger partial charge in [-0.15, -0.1) is 12.3 Å². The van der Waals surface area contributed by atoms with Crippen LogP contribution in [0.15, 0.2) is 66.7 Å². The number of aromatic nitrogens is 1. The number of fused-ring (bicyclic) bond motifs is 1. The minimum absolute atomic E-state index is 0.0757. The number of anilines is 1. The van der Waals surface area contributed by atoms with E-state index in [1.165, 1.54) is 0 Å². The first kappa shape index (κ1) is 34.6. The summed E-state index contributed by atoms with van der Waals surface area (Å²) < 4.78 is 17.1. The highest BCUT2D eigenvalue weighted by molar-refractivity contribution is 5.99. The van der Waals surface area contributed by atoms with Crippen molar-refractivity contribution >= 4 is 23.7 Å². The maximum Gasteiger partial charge on any atom is 0.411 e. The van der Waals surface area contributed by atoms with Gasteiger partial charge in [-0.1, -0.05) is 56.3 Å². The molecule has 45 heavy (non-hydrogen) atoms. The molecule has 1 N–H and O–H groups in total. The van der Waals surface area contributed by atoms with Gasteiger partial charge >= 0.3 is 12.2 Å². The van der Waals surface area contributed by atoms with Crippen LogP contribution in [0, 0.1) is 12.3 Å². The Bertz CT molecular complexity index is 1480. The molecule has 1 aromatic heterocycles. The van der Waals surface area contributed by atoms with Gasteiger partial charge in [-0.3, -0.25) is 10.1 Å². The van der Waals surface area contributed by atoms with Crippen LogP contribution in [0.2, 0.25) is 0 Å². The number of carbonyl (C=O) groups is 3. The molecule has 5 rings (SSSR count). The van der Waals surface area contributed by atoms with Crippen molar-refractivity contribution in [3.63, 3.8) is 0 Å². The van der Waals surface area contributed by atoms with Crippen LogP contribution in [-0.4, -0.2) is 52.1 Å². The molecule has 0 atom stereocenters. The zero-order valence-corrected chi connectivity index (χ0v) is 27.0. The van der Waals surface area contributed by atoms with Crippen LogP contribution < -0.4 is 10.1 Å². The summed E-state index contributed by atoms with van der Waals surface area (Å²) >= 11 is 0. The molecule has 2 aliphatic heterocycles. The Labute approximate surface area is 266 Å². The monoisotopic (exact) mass is 613 g/mol. The van der Waals surface area contributed by atoms with E-state index in [-0.39, 0.29) is 24.9 Å². The third-order valence-electron chi connectivity index (χ3n) is 6.90. The van der Waals surface area contributed by atoms with Crippen LogP contribution in [0.3, 0.4) is 0 Å². The van der Waals surface area contributed by atoms with Crippen molar-refractivity contribution in [2.24, 2.45) is 0 Å². The third-order valence-corrected chi connectivity index (χ3v) is 6.90. The number of Topliss-reactive ketones (excluding diaryl/α,β-unsaturated/α-hetero) is 1. The molecule has 0 radical (unpaired) electrons. The summed E-state index contributed by atoms with van der Waals surface area (Å²) in [5.41, 5.74) is 2.02. The Morgan fingerprint density at radius 3 is 2.24 bits per heavy atom. The van der Waals surface area contributed by atoms with Crippen molar-refractivity contribution in [1.29, 1.82) is 0 Å². The topological polar surface area (TPSA) is 107 Å². The first-order valence-corrected chi connectivity index (χ1v) is 15.2. The Hall–Kier alpha value is -4.84. The van der Waals surface area contributed by atoms with Gasteiger partial charge in [0.05, 0.1) is 12.1 Å². The number of carbonyl (C=O) groups excluding carboxylic acids is 3. The second kappa shape index (κ2) is 15.8. The number of rotatable bonds is 4. The second-order valence-corrected chi connectivity index (χ2v) is 11.4. The number of nitrogens with zero attached hydrogens (tertiary/aromatic N) is 2. The molecule has 3 aromatic rings. The van der Waals surface area contributed by atoms with E-state index in [1.807, 2.05) is 83.1 Å². The normalized spacial score (nSPS) is 14.6. The maximum absolute atomic E-state index is 13.2. The van der Waals surface area contributed by atoms with Crippen LogP contribution in [0.1, 0.15) is 76.9 Å². The van der Waals surface area contributed by atoms with Gasteiger partial charge in [0, 0.05) is 37.2 Å². The molecule has 1 spiro atoms. The standard InChI is InChI=1S/C31H33N3O6.C3H4.C2H6/c1-30(2,3)40-29(37)34-17-15-31(16-18-34)19-25(35)27-26(39-31)14-13-24(33-27)22-9-11-23(12-10-22)32-28(36)38-20-21-7-5-4-6-8-21;1-3-2;1-2/h4-14H,15-20H2,1-3H3,(H,32,36);1H,2H3;1-2H3. The van der Waals surface area contributed by atoms with Gasteiger partial charge < -0.3 is 19.1 Å². The molecule has 9 nitrogen and oxygen atoms in total. The quantitative estimate of drug-likeness (QED) is 0.298. The van der Waals surface area contributed by atoms with E-state index in [9.17, 15) is 14.4 Å². The fourth-order valence-electron chi connectivity index (χ4n) is 4.84. The molecule has 1 fully saturated rings. The minimum Gasteiger partial charge on any atom is -0.484 e. The van der Waals surface area contributed by atoms with Crippen molar-refractivity contribution < 1.29 is 28.6 Å². The first-order valence-electron chi connectivity index (χ1n) is 15.2. The number of amides is 2. The van der Waals surface area contributed by atoms with Gasteiger partial charge in [-0.25, -0.2) is 14.6 Å². The highest BCUT2D eigenvalue weighted by Crippen LogP contribution is 2.39. The van der Waals surface area contributed by atoms with E-state index < -0.39 is 17.3 Å². The molecule has 2 amide bonds. The number of piperidine rings is 1. The maximum atomic E-state index is 13.2. The van der Waals surface area contributed by atoms with E-state index in [0.29, 0.717) is 48.8 Å². The molecule has 0 bridgehead atoms. The predicted octanol–water partition coefficient (Wildman–Crippen LogP) is 7.90. The van der Waals surface area contributed by atoms with Crippen LogP contribution in [0.4, 0.5) is 15.3 Å². The number of ether oxygens (including phenoxy) is 3. The van der Waals surface area contributed by atoms with Crippen LogP contribution in [0.5, 0.6) is 5.75 Å². The molecule has 9 heteroatoms. The fourth-order valence-corrected chi connectivity index (χ4v) is 4.84. The molecular formula is C36H43N3O6. The summed E-state index contributed by atoms with van der Waals surface area (Å²) in [5.74, 6) is 2.64. The molecule has 1 saturated heterocycles. The zero-order valence-electron chi connectivity index (χ0n) is 27.0. The van der Waals surface area contributed by atoms with Crippen LogP contribution in [-0.2, 0) is 16.1 Å². The number of hydrogen-bond acceptors (Lipinski definition) is 7. The van der Waals surface area contributed by atoms with Crippen molar-refractivity contribution in [3.8, 4) is 29.4 Å². The van der Waals surface area contributed by atoms with Gasteiger partial charge in [-0.2, -0.15) is 0 Å². The molecule has 0 aliphatic carbocycles. The van der Waals surface area contributed by atoms with Crippen molar-refractivity contribution in [3.05, 3.63) is 78.0 Å². The van der Waals surface area contributed by atoms with Gasteiger partial charge in [0.15, 0.2) is 5.78 Å². The number of ketones is 1. The lowest BCUT2D eigenvalue weighted by Gasteiger charge is -2.43. The predicted molar refractivity (Wildman–Crippen MR) is 175 cm³/mol. The van der Waals surface area contributed by atoms with E-state index in [1.54, 1.807) is 30.0 Å². The zero-order chi connectivity index (χ0) is 33.0. The number of benzene rings is 2. The van der Waals surface area contributed by atoms with E-state index in [4.69, 9.17) is 14.2 Å². The summed E-state index contributed by atoms with van der Waals surface area (Å²) in [4.78, 5) is 44.0. The lowest BCUT2D eigenvalue weighted by atomic mass is 9.83. The minimum atomic E-state index is -0.645. The molecule has 238 valence electrons. The fraction of sp³-hybridized carbons (Fsp3) is 0.389. The molecule has 3 heterocycles. The summed E-state index contributed by atoms with van der Waals surface area (Å²) in [5, 5.41) is 2.71. The van der Waals surface area contributed by atoms with E-state index >= 15 is 0 Å². The van der Waals surface area contributed by atoms with Gasteiger partial charge in [-0.05, 0) is 57.5 Å². The first-order chi connectivity index (χ1) is 21.5. The van der Waals surface area contributed by atoms with E-state index in [0.717, 1.165) is 11.1 Å². The van der Waals surface area contributed by atoms with Crippen molar-refractivity contribution in [2.45, 2.75) is 78.6 Å². The van der Waals surface area contributed by atoms with Gasteiger partial charge in [0.25, 0.3) is 0 Å². The number of hydrogen-bond donors (Lipinski definition) is 1. The van der Waals surface area contributed by atoms with Crippen molar-refractivity contribution in [1.82, 2.24) is 9.88 Å². The average Bonchev–Trinajstić information content (AvgIpc) is 3.02. The lowest BCUT2D eigenvalue weighted by Crippen LogP contribution is -2.53. The number of likely N-dealkylation sites (tertiary alicyclic amines) is 1. The Kier molecular flexibility index (Phi) is 12.1. The van der Waals surface area contributed by atoms with E-state index in [2.05, 4.69) is 22.6 Å². The Morgan fingerprint density at radius 1 is 1.02 bits per heavy atom. The third kappa shape index (κ3) is 9.83. The van der Waals surface area contributed by atoms with Crippen LogP contribution in [0.25, 0.3) is 11.3 Å². The van der Waals surface area contributed by atoms with Crippen molar-refractivity contribution in [2.75, 3.05) is 18.4 Å². The second-order valence-electron chi connectivity index (χ2n) is 11.4. The highest BCUT2D eigenvalue weighted by atomic mass is 16.6. The molecule has 0 unspecified atom stereocenters. The number of pyridine rings is 1. The Balaban J connectivity index is 0.00000104. The SMILES string of the molecule is C#CC.CC.CC(C)(C)OC(=O)N1CCC2(CC1)CC(=O)c1nc(-c3ccc(NC(=O)OCc4ccccc4)cc3)ccc1O2. The Morgan fingerprint density at radius 2 is 1.64 bits per heavy atom. The summed E-state index contributed by atoms with van der Waals surface area (Å²) in [6.07, 6.45) is 5.01. The summed E-state index contributed by atoms with van der Waals surface area (Å²) in [6, 6.07) is 20.2. The molecule has 2 aromatic carbocycles. The molecule has 0 saturated carbocycles. The smallest absolute Gasteiger partial charge is 0.411 e. The largest absolute Gasteiger partial charge is 0.484 e. The lowest BCUT2D eigenvalue weighted by molar-refractivity contribution is -0.0230. The van der Waals surface area contributed by atoms with Crippen LogP contribution >= 0.6 is 0 Å². The molecule has 2 aliphatic rings. The summed E-state index contributed by atoms with van der Waals surface area (Å²) in [6.45, 7) is 12.3. The van der Waals surface area contributed by atoms with Gasteiger partial charge in [0.1, 0.15) is 29.3 Å². The highest BCUT2D eigenvalue weighted by Gasteiger charge is 2.44. The van der Waals surface area contributed by atoms with Gasteiger partial charge in [0.2, 0.25) is 0 Å². The average molecular weight is 614 g/mol. The molecular weight excluding hydrogens is 570 g/mol.